The Morgan fingerprint density at radius 3 is 2.55 bits per heavy atom. The van der Waals surface area contributed by atoms with Crippen LogP contribution < -0.4 is 15.8 Å². The number of ether oxygens (including phenoxy) is 1. The fraction of sp³-hybridized carbons (Fsp3) is 0.235. The highest BCUT2D eigenvalue weighted by Gasteiger charge is 2.15. The van der Waals surface area contributed by atoms with E-state index in [1.807, 2.05) is 24.3 Å². The first-order valence-corrected chi connectivity index (χ1v) is 7.03. The van der Waals surface area contributed by atoms with Gasteiger partial charge in [0.1, 0.15) is 11.5 Å². The summed E-state index contributed by atoms with van der Waals surface area (Å²) in [5.74, 6) is 0.673. The van der Waals surface area contributed by atoms with Crippen LogP contribution in [0.3, 0.4) is 0 Å². The lowest BCUT2D eigenvalue weighted by atomic mass is 10.0. The molecule has 22 heavy (non-hydrogen) atoms. The maximum Gasteiger partial charge on any atom is 0.237 e. The number of amides is 1. The molecule has 5 heteroatoms. The van der Waals surface area contributed by atoms with Gasteiger partial charge in [-0.15, -0.1) is 0 Å². The first-order chi connectivity index (χ1) is 10.6. The third kappa shape index (κ3) is 4.23. The number of hydrogen-bond acceptors (Lipinski definition) is 4. The third-order valence-electron chi connectivity index (χ3n) is 3.39. The van der Waals surface area contributed by atoms with Crippen molar-refractivity contribution < 1.29 is 14.6 Å². The van der Waals surface area contributed by atoms with E-state index in [9.17, 15) is 9.90 Å². The van der Waals surface area contributed by atoms with Gasteiger partial charge in [0, 0.05) is 13.0 Å². The van der Waals surface area contributed by atoms with Gasteiger partial charge in [0.15, 0.2) is 0 Å². The molecular formula is C17H20N2O3. The first kappa shape index (κ1) is 15.9. The lowest BCUT2D eigenvalue weighted by Crippen LogP contribution is -2.41. The Labute approximate surface area is 129 Å². The van der Waals surface area contributed by atoms with Crippen LogP contribution >= 0.6 is 0 Å². The Morgan fingerprint density at radius 1 is 1.23 bits per heavy atom. The van der Waals surface area contributed by atoms with E-state index in [2.05, 4.69) is 5.32 Å². The van der Waals surface area contributed by atoms with Crippen LogP contribution in [0.15, 0.2) is 48.5 Å². The van der Waals surface area contributed by atoms with E-state index in [4.69, 9.17) is 10.5 Å². The minimum Gasteiger partial charge on any atom is -0.508 e. The number of methoxy groups -OCH3 is 1. The summed E-state index contributed by atoms with van der Waals surface area (Å²) < 4.78 is 5.08. The van der Waals surface area contributed by atoms with Crippen LogP contribution in [0.1, 0.15) is 11.1 Å². The molecule has 0 spiro atoms. The smallest absolute Gasteiger partial charge is 0.237 e. The molecule has 2 aromatic rings. The summed E-state index contributed by atoms with van der Waals surface area (Å²) in [7, 11) is 1.61. The van der Waals surface area contributed by atoms with E-state index >= 15 is 0 Å². The zero-order valence-electron chi connectivity index (χ0n) is 12.5. The maximum absolute atomic E-state index is 12.0. The van der Waals surface area contributed by atoms with Crippen LogP contribution in [0, 0.1) is 0 Å². The van der Waals surface area contributed by atoms with Gasteiger partial charge >= 0.3 is 0 Å². The summed E-state index contributed by atoms with van der Waals surface area (Å²) in [6.07, 6.45) is 0.293. The lowest BCUT2D eigenvalue weighted by molar-refractivity contribution is -0.122. The molecule has 0 aliphatic rings. The van der Waals surface area contributed by atoms with Gasteiger partial charge in [-0.25, -0.2) is 0 Å². The Morgan fingerprint density at radius 2 is 1.91 bits per heavy atom. The van der Waals surface area contributed by atoms with E-state index in [1.54, 1.807) is 31.4 Å². The quantitative estimate of drug-likeness (QED) is 0.756. The second-order valence-electron chi connectivity index (χ2n) is 5.01. The molecule has 4 N–H and O–H groups in total. The molecule has 0 fully saturated rings. The van der Waals surface area contributed by atoms with Gasteiger partial charge in [-0.1, -0.05) is 30.3 Å². The number of carbonyl (C=O) groups is 1. The van der Waals surface area contributed by atoms with E-state index in [1.165, 1.54) is 0 Å². The summed E-state index contributed by atoms with van der Waals surface area (Å²) >= 11 is 0. The molecule has 0 heterocycles. The van der Waals surface area contributed by atoms with Crippen molar-refractivity contribution >= 4 is 5.91 Å². The van der Waals surface area contributed by atoms with Crippen LogP contribution in [0.4, 0.5) is 0 Å². The number of rotatable bonds is 6. The zero-order chi connectivity index (χ0) is 15.9. The van der Waals surface area contributed by atoms with Gasteiger partial charge < -0.3 is 20.9 Å². The summed E-state index contributed by atoms with van der Waals surface area (Å²) in [4.78, 5) is 12.0. The monoisotopic (exact) mass is 300 g/mol. The van der Waals surface area contributed by atoms with Crippen molar-refractivity contribution in [1.29, 1.82) is 0 Å². The molecule has 0 bridgehead atoms. The van der Waals surface area contributed by atoms with Crippen LogP contribution in [0.25, 0.3) is 0 Å². The van der Waals surface area contributed by atoms with E-state index in [0.29, 0.717) is 18.5 Å². The standard InChI is InChI=1S/C17H20N2O3/c1-22-14-8-6-12(7-9-14)11-19-17(21)15(18)10-13-4-2-3-5-16(13)20/h2-9,15,20H,10-11,18H2,1H3,(H,19,21). The molecule has 1 amide bonds. The minimum absolute atomic E-state index is 0.154. The first-order valence-electron chi connectivity index (χ1n) is 7.03. The number of phenols is 1. The predicted molar refractivity (Wildman–Crippen MR) is 84.6 cm³/mol. The van der Waals surface area contributed by atoms with Crippen molar-refractivity contribution in [2.24, 2.45) is 5.73 Å². The molecule has 0 aliphatic carbocycles. The van der Waals surface area contributed by atoms with Gasteiger partial charge in [-0.3, -0.25) is 4.79 Å². The molecule has 2 rings (SSSR count). The van der Waals surface area contributed by atoms with Crippen LogP contribution in [-0.4, -0.2) is 24.2 Å². The zero-order valence-corrected chi connectivity index (χ0v) is 12.5. The number of aromatic hydroxyl groups is 1. The highest BCUT2D eigenvalue weighted by atomic mass is 16.5. The van der Waals surface area contributed by atoms with Gasteiger partial charge in [-0.05, 0) is 29.3 Å². The third-order valence-corrected chi connectivity index (χ3v) is 3.39. The van der Waals surface area contributed by atoms with Gasteiger partial charge in [0.25, 0.3) is 0 Å². The van der Waals surface area contributed by atoms with Crippen LogP contribution in [0.2, 0.25) is 0 Å². The largest absolute Gasteiger partial charge is 0.508 e. The predicted octanol–water partition coefficient (Wildman–Crippen LogP) is 1.59. The number of carbonyl (C=O) groups excluding carboxylic acids is 1. The SMILES string of the molecule is COc1ccc(CNC(=O)C(N)Cc2ccccc2O)cc1. The van der Waals surface area contributed by atoms with Crippen molar-refractivity contribution in [3.8, 4) is 11.5 Å². The highest BCUT2D eigenvalue weighted by Crippen LogP contribution is 2.17. The van der Waals surface area contributed by atoms with Crippen molar-refractivity contribution in [2.45, 2.75) is 19.0 Å². The second-order valence-corrected chi connectivity index (χ2v) is 5.01. The molecule has 1 unspecified atom stereocenters. The lowest BCUT2D eigenvalue weighted by Gasteiger charge is -2.13. The van der Waals surface area contributed by atoms with Crippen molar-refractivity contribution in [3.05, 3.63) is 59.7 Å². The fourth-order valence-electron chi connectivity index (χ4n) is 2.08. The number of nitrogens with one attached hydrogen (secondary N) is 1. The van der Waals surface area contributed by atoms with Crippen LogP contribution in [0.5, 0.6) is 11.5 Å². The molecule has 116 valence electrons. The van der Waals surface area contributed by atoms with Crippen molar-refractivity contribution in [2.75, 3.05) is 7.11 Å². The molecule has 0 aliphatic heterocycles. The Kier molecular flexibility index (Phi) is 5.38. The number of phenolic OH excluding ortho intramolecular Hbond substituents is 1. The molecular weight excluding hydrogens is 280 g/mol. The summed E-state index contributed by atoms with van der Waals surface area (Å²) in [6, 6.07) is 13.6. The van der Waals surface area contributed by atoms with Gasteiger partial charge in [0.2, 0.25) is 5.91 Å². The molecule has 0 aromatic heterocycles. The van der Waals surface area contributed by atoms with Gasteiger partial charge in [-0.2, -0.15) is 0 Å². The molecule has 5 nitrogen and oxygen atoms in total. The maximum atomic E-state index is 12.0. The Bertz CT molecular complexity index is 626. The second kappa shape index (κ2) is 7.47. The number of hydrogen-bond donors (Lipinski definition) is 3. The fourth-order valence-corrected chi connectivity index (χ4v) is 2.08. The van der Waals surface area contributed by atoms with Gasteiger partial charge in [0.05, 0.1) is 13.2 Å². The molecule has 0 saturated heterocycles. The van der Waals surface area contributed by atoms with Crippen molar-refractivity contribution in [3.63, 3.8) is 0 Å². The number of para-hydroxylation sites is 1. The number of benzene rings is 2. The molecule has 2 aromatic carbocycles. The average molecular weight is 300 g/mol. The Balaban J connectivity index is 1.87. The van der Waals surface area contributed by atoms with Crippen LogP contribution in [-0.2, 0) is 17.8 Å². The molecule has 0 radical (unpaired) electrons. The Hall–Kier alpha value is -2.53. The molecule has 1 atom stereocenters. The molecule has 0 saturated carbocycles. The van der Waals surface area contributed by atoms with E-state index in [-0.39, 0.29) is 11.7 Å². The topological polar surface area (TPSA) is 84.6 Å². The summed E-state index contributed by atoms with van der Waals surface area (Å²) in [5.41, 5.74) is 7.51. The summed E-state index contributed by atoms with van der Waals surface area (Å²) in [5, 5.41) is 12.5. The normalized spacial score (nSPS) is 11.7. The minimum atomic E-state index is -0.702. The number of nitrogens with two attached hydrogens (primary N) is 1. The summed E-state index contributed by atoms with van der Waals surface area (Å²) in [6.45, 7) is 0.400. The highest BCUT2D eigenvalue weighted by molar-refractivity contribution is 5.81. The average Bonchev–Trinajstić information content (AvgIpc) is 2.55. The van der Waals surface area contributed by atoms with E-state index < -0.39 is 6.04 Å². The van der Waals surface area contributed by atoms with Crippen molar-refractivity contribution in [1.82, 2.24) is 5.32 Å². The van der Waals surface area contributed by atoms with E-state index in [0.717, 1.165) is 11.3 Å².